The summed E-state index contributed by atoms with van der Waals surface area (Å²) in [6.07, 6.45) is 0. The normalized spacial score (nSPS) is 10.1. The maximum absolute atomic E-state index is 11.8. The van der Waals surface area contributed by atoms with E-state index in [1.165, 1.54) is 11.8 Å². The van der Waals surface area contributed by atoms with Gasteiger partial charge in [-0.1, -0.05) is 0 Å². The zero-order chi connectivity index (χ0) is 13.7. The Balaban J connectivity index is 2.72. The third kappa shape index (κ3) is 4.08. The summed E-state index contributed by atoms with van der Waals surface area (Å²) in [5, 5.41) is 5.48. The van der Waals surface area contributed by atoms with Crippen LogP contribution in [0.2, 0.25) is 0 Å². The molecule has 0 fully saturated rings. The van der Waals surface area contributed by atoms with Crippen LogP contribution in [0.5, 0.6) is 0 Å². The first-order valence-corrected chi connectivity index (χ1v) is 5.82. The van der Waals surface area contributed by atoms with Gasteiger partial charge in [-0.2, -0.15) is 0 Å². The first kappa shape index (κ1) is 14.0. The van der Waals surface area contributed by atoms with Crippen molar-refractivity contribution in [3.63, 3.8) is 0 Å². The molecule has 1 aromatic rings. The summed E-state index contributed by atoms with van der Waals surface area (Å²) >= 11 is 0. The third-order valence-corrected chi connectivity index (χ3v) is 2.29. The summed E-state index contributed by atoms with van der Waals surface area (Å²) in [7, 11) is 1.70. The summed E-state index contributed by atoms with van der Waals surface area (Å²) in [6.45, 7) is 5.27. The smallest absolute Gasteiger partial charge is 0.321 e. The van der Waals surface area contributed by atoms with Crippen molar-refractivity contribution in [3.8, 4) is 0 Å². The molecule has 0 aliphatic rings. The van der Waals surface area contributed by atoms with Gasteiger partial charge in [0, 0.05) is 31.4 Å². The van der Waals surface area contributed by atoms with Crippen molar-refractivity contribution in [2.75, 3.05) is 17.3 Å². The summed E-state index contributed by atoms with van der Waals surface area (Å²) in [6, 6.07) is 7.03. The van der Waals surface area contributed by atoms with E-state index in [0.29, 0.717) is 5.69 Å². The van der Waals surface area contributed by atoms with Gasteiger partial charge in [0.25, 0.3) is 0 Å². The van der Waals surface area contributed by atoms with Gasteiger partial charge in [0.15, 0.2) is 0 Å². The number of hydrogen-bond donors (Lipinski definition) is 2. The second-order valence-electron chi connectivity index (χ2n) is 4.39. The molecule has 1 aromatic carbocycles. The molecule has 0 radical (unpaired) electrons. The van der Waals surface area contributed by atoms with Gasteiger partial charge in [0.2, 0.25) is 5.91 Å². The van der Waals surface area contributed by atoms with Crippen molar-refractivity contribution >= 4 is 23.3 Å². The lowest BCUT2D eigenvalue weighted by Crippen LogP contribution is -2.40. The Morgan fingerprint density at radius 1 is 1.17 bits per heavy atom. The van der Waals surface area contributed by atoms with Crippen LogP contribution in [0.25, 0.3) is 0 Å². The van der Waals surface area contributed by atoms with Gasteiger partial charge < -0.3 is 10.6 Å². The monoisotopic (exact) mass is 249 g/mol. The zero-order valence-electron chi connectivity index (χ0n) is 11.2. The van der Waals surface area contributed by atoms with Gasteiger partial charge >= 0.3 is 6.03 Å². The fraction of sp³-hybridized carbons (Fsp3) is 0.385. The summed E-state index contributed by atoms with van der Waals surface area (Å²) in [5.74, 6) is -0.117. The van der Waals surface area contributed by atoms with Gasteiger partial charge in [-0.15, -0.1) is 0 Å². The fourth-order valence-electron chi connectivity index (χ4n) is 1.43. The van der Waals surface area contributed by atoms with Crippen molar-refractivity contribution in [1.82, 2.24) is 5.32 Å². The highest BCUT2D eigenvalue weighted by atomic mass is 16.2. The molecule has 0 spiro atoms. The molecule has 0 saturated heterocycles. The molecule has 0 saturated carbocycles. The molecule has 0 heterocycles. The number of amides is 3. The fourth-order valence-corrected chi connectivity index (χ4v) is 1.43. The van der Waals surface area contributed by atoms with E-state index >= 15 is 0 Å². The SMILES string of the molecule is CC(=O)Nc1ccc(N(C)C(=O)NC(C)C)cc1. The minimum Gasteiger partial charge on any atom is -0.336 e. The Hall–Kier alpha value is -2.04. The molecule has 0 aliphatic carbocycles. The minimum atomic E-state index is -0.155. The topological polar surface area (TPSA) is 61.4 Å². The molecule has 98 valence electrons. The van der Waals surface area contributed by atoms with E-state index < -0.39 is 0 Å². The quantitative estimate of drug-likeness (QED) is 0.862. The van der Waals surface area contributed by atoms with Crippen LogP contribution in [0, 0.1) is 0 Å². The number of nitrogens with one attached hydrogen (secondary N) is 2. The van der Waals surface area contributed by atoms with Crippen molar-refractivity contribution in [2.45, 2.75) is 26.8 Å². The zero-order valence-corrected chi connectivity index (χ0v) is 11.2. The highest BCUT2D eigenvalue weighted by Gasteiger charge is 2.11. The number of rotatable bonds is 3. The highest BCUT2D eigenvalue weighted by molar-refractivity contribution is 5.92. The summed E-state index contributed by atoms with van der Waals surface area (Å²) in [4.78, 5) is 24.2. The molecule has 3 amide bonds. The van der Waals surface area contributed by atoms with E-state index in [9.17, 15) is 9.59 Å². The number of urea groups is 1. The lowest BCUT2D eigenvalue weighted by atomic mass is 10.2. The first-order valence-electron chi connectivity index (χ1n) is 5.82. The van der Waals surface area contributed by atoms with Crippen LogP contribution in [0.3, 0.4) is 0 Å². The Kier molecular flexibility index (Phi) is 4.71. The van der Waals surface area contributed by atoms with Crippen LogP contribution in [-0.4, -0.2) is 25.0 Å². The van der Waals surface area contributed by atoms with E-state index in [1.54, 1.807) is 31.3 Å². The van der Waals surface area contributed by atoms with Crippen molar-refractivity contribution in [3.05, 3.63) is 24.3 Å². The second-order valence-corrected chi connectivity index (χ2v) is 4.39. The van der Waals surface area contributed by atoms with Crippen molar-refractivity contribution < 1.29 is 9.59 Å². The standard InChI is InChI=1S/C13H19N3O2/c1-9(2)14-13(18)16(4)12-7-5-11(6-8-12)15-10(3)17/h5-9H,1-4H3,(H,14,18)(H,15,17). The predicted octanol–water partition coefficient (Wildman–Crippen LogP) is 2.20. The predicted molar refractivity (Wildman–Crippen MR) is 72.8 cm³/mol. The number of carbonyl (C=O) groups excluding carboxylic acids is 2. The largest absolute Gasteiger partial charge is 0.336 e. The third-order valence-electron chi connectivity index (χ3n) is 2.29. The number of nitrogens with zero attached hydrogens (tertiary/aromatic N) is 1. The van der Waals surface area contributed by atoms with Crippen LogP contribution in [-0.2, 0) is 4.79 Å². The summed E-state index contributed by atoms with van der Waals surface area (Å²) < 4.78 is 0. The highest BCUT2D eigenvalue weighted by Crippen LogP contribution is 2.16. The average molecular weight is 249 g/mol. The van der Waals surface area contributed by atoms with Crippen LogP contribution in [0.15, 0.2) is 24.3 Å². The van der Waals surface area contributed by atoms with Gasteiger partial charge in [0.1, 0.15) is 0 Å². The number of carbonyl (C=O) groups is 2. The van der Waals surface area contributed by atoms with E-state index in [0.717, 1.165) is 5.69 Å². The van der Waals surface area contributed by atoms with Gasteiger partial charge in [-0.25, -0.2) is 4.79 Å². The maximum atomic E-state index is 11.8. The number of benzene rings is 1. The Bertz CT molecular complexity index is 426. The molecule has 5 nitrogen and oxygen atoms in total. The van der Waals surface area contributed by atoms with Crippen LogP contribution >= 0.6 is 0 Å². The second kappa shape index (κ2) is 6.05. The first-order chi connectivity index (χ1) is 8.40. The van der Waals surface area contributed by atoms with E-state index in [1.807, 2.05) is 13.8 Å². The number of anilines is 2. The average Bonchev–Trinajstić information content (AvgIpc) is 2.27. The van der Waals surface area contributed by atoms with E-state index in [-0.39, 0.29) is 18.0 Å². The molecular weight excluding hydrogens is 230 g/mol. The van der Waals surface area contributed by atoms with Crippen LogP contribution in [0.4, 0.5) is 16.2 Å². The Labute approximate surface area is 107 Å². The molecule has 0 aliphatic heterocycles. The molecule has 0 unspecified atom stereocenters. The lowest BCUT2D eigenvalue weighted by molar-refractivity contribution is -0.114. The Morgan fingerprint density at radius 3 is 2.17 bits per heavy atom. The molecule has 0 aromatic heterocycles. The molecule has 2 N–H and O–H groups in total. The maximum Gasteiger partial charge on any atom is 0.321 e. The Morgan fingerprint density at radius 2 is 1.72 bits per heavy atom. The number of hydrogen-bond acceptors (Lipinski definition) is 2. The van der Waals surface area contributed by atoms with Crippen molar-refractivity contribution in [1.29, 1.82) is 0 Å². The van der Waals surface area contributed by atoms with Gasteiger partial charge in [0.05, 0.1) is 0 Å². The van der Waals surface area contributed by atoms with Crippen LogP contribution < -0.4 is 15.5 Å². The minimum absolute atomic E-state index is 0.0959. The molecule has 1 rings (SSSR count). The van der Waals surface area contributed by atoms with E-state index in [2.05, 4.69) is 10.6 Å². The lowest BCUT2D eigenvalue weighted by Gasteiger charge is -2.20. The van der Waals surface area contributed by atoms with Crippen LogP contribution in [0.1, 0.15) is 20.8 Å². The summed E-state index contributed by atoms with van der Waals surface area (Å²) in [5.41, 5.74) is 1.48. The van der Waals surface area contributed by atoms with Crippen molar-refractivity contribution in [2.24, 2.45) is 0 Å². The van der Waals surface area contributed by atoms with Gasteiger partial charge in [-0.05, 0) is 38.1 Å². The molecule has 0 bridgehead atoms. The molecular formula is C13H19N3O2. The van der Waals surface area contributed by atoms with Gasteiger partial charge in [-0.3, -0.25) is 9.69 Å². The molecule has 5 heteroatoms. The van der Waals surface area contributed by atoms with E-state index in [4.69, 9.17) is 0 Å². The molecule has 0 atom stereocenters. The molecule has 18 heavy (non-hydrogen) atoms.